The van der Waals surface area contributed by atoms with Crippen LogP contribution in [0.15, 0.2) is 48.8 Å². The zero-order valence-corrected chi connectivity index (χ0v) is 15.8. The summed E-state index contributed by atoms with van der Waals surface area (Å²) in [6.07, 6.45) is 4.19. The Kier molecular flexibility index (Phi) is 4.89. The number of methoxy groups -OCH3 is 2. The number of aromatic nitrogens is 3. The van der Waals surface area contributed by atoms with E-state index < -0.39 is 0 Å². The van der Waals surface area contributed by atoms with Gasteiger partial charge < -0.3 is 14.4 Å². The topological polar surface area (TPSA) is 77.4 Å². The van der Waals surface area contributed by atoms with Crippen molar-refractivity contribution in [3.05, 3.63) is 65.6 Å². The van der Waals surface area contributed by atoms with Gasteiger partial charge in [0.1, 0.15) is 5.69 Å². The van der Waals surface area contributed by atoms with Crippen molar-refractivity contribution in [2.45, 2.75) is 13.0 Å². The number of carbonyl (C=O) groups is 1. The summed E-state index contributed by atoms with van der Waals surface area (Å²) < 4.78 is 10.5. The van der Waals surface area contributed by atoms with Gasteiger partial charge in [-0.15, -0.1) is 0 Å². The normalized spacial score (nSPS) is 13.0. The van der Waals surface area contributed by atoms with Gasteiger partial charge in [0.25, 0.3) is 5.91 Å². The Morgan fingerprint density at radius 1 is 1.07 bits per heavy atom. The summed E-state index contributed by atoms with van der Waals surface area (Å²) in [6.45, 7) is 1.07. The van der Waals surface area contributed by atoms with Crippen LogP contribution in [-0.2, 0) is 13.0 Å². The Hall–Kier alpha value is -3.48. The highest BCUT2D eigenvalue weighted by molar-refractivity contribution is 5.95. The van der Waals surface area contributed by atoms with Gasteiger partial charge in [0.05, 0.1) is 19.9 Å². The quantitative estimate of drug-likeness (QED) is 0.697. The number of carbonyl (C=O) groups excluding carboxylic acids is 1. The summed E-state index contributed by atoms with van der Waals surface area (Å²) in [4.78, 5) is 28.1. The molecule has 1 aliphatic heterocycles. The van der Waals surface area contributed by atoms with Gasteiger partial charge in [-0.2, -0.15) is 0 Å². The van der Waals surface area contributed by atoms with E-state index in [0.717, 1.165) is 17.0 Å². The number of hydrogen-bond acceptors (Lipinski definition) is 6. The number of rotatable bonds is 4. The lowest BCUT2D eigenvalue weighted by Gasteiger charge is -2.28. The molecule has 1 amide bonds. The Balaban J connectivity index is 1.55. The highest BCUT2D eigenvalue weighted by atomic mass is 16.5. The number of nitrogens with zero attached hydrogens (tertiary/aromatic N) is 4. The van der Waals surface area contributed by atoms with E-state index in [4.69, 9.17) is 9.47 Å². The van der Waals surface area contributed by atoms with Crippen LogP contribution in [0.2, 0.25) is 0 Å². The molecule has 3 aromatic rings. The van der Waals surface area contributed by atoms with E-state index in [1.807, 2.05) is 18.2 Å². The molecule has 0 atom stereocenters. The molecule has 1 aliphatic rings. The molecule has 0 fully saturated rings. The summed E-state index contributed by atoms with van der Waals surface area (Å²) in [5.74, 6) is 1.69. The maximum atomic E-state index is 12.9. The lowest BCUT2D eigenvalue weighted by molar-refractivity contribution is 0.0733. The molecule has 3 heterocycles. The van der Waals surface area contributed by atoms with Gasteiger partial charge in [-0.25, -0.2) is 9.97 Å². The number of fused-ring (bicyclic) bond motifs is 1. The molecule has 28 heavy (non-hydrogen) atoms. The van der Waals surface area contributed by atoms with Crippen LogP contribution in [0, 0.1) is 0 Å². The van der Waals surface area contributed by atoms with Gasteiger partial charge in [0.15, 0.2) is 17.3 Å². The van der Waals surface area contributed by atoms with Crippen molar-refractivity contribution in [1.82, 2.24) is 19.9 Å². The van der Waals surface area contributed by atoms with Gasteiger partial charge in [-0.3, -0.25) is 9.78 Å². The molecule has 0 saturated heterocycles. The molecule has 0 N–H and O–H groups in total. The highest BCUT2D eigenvalue weighted by Gasteiger charge is 2.24. The van der Waals surface area contributed by atoms with Crippen molar-refractivity contribution in [3.8, 4) is 23.0 Å². The van der Waals surface area contributed by atoms with Crippen LogP contribution in [0.1, 0.15) is 21.6 Å². The van der Waals surface area contributed by atoms with Crippen LogP contribution in [-0.4, -0.2) is 46.5 Å². The molecule has 0 aliphatic carbocycles. The summed E-state index contributed by atoms with van der Waals surface area (Å²) in [7, 11) is 3.12. The first-order valence-corrected chi connectivity index (χ1v) is 8.97. The van der Waals surface area contributed by atoms with Crippen molar-refractivity contribution in [2.75, 3.05) is 20.8 Å². The van der Waals surface area contributed by atoms with Crippen molar-refractivity contribution in [1.29, 1.82) is 0 Å². The second-order valence-corrected chi connectivity index (χ2v) is 6.43. The number of amides is 1. The van der Waals surface area contributed by atoms with E-state index in [1.165, 1.54) is 0 Å². The third-order valence-corrected chi connectivity index (χ3v) is 4.75. The summed E-state index contributed by atoms with van der Waals surface area (Å²) in [5, 5.41) is 0. The first-order valence-electron chi connectivity index (χ1n) is 8.97. The van der Waals surface area contributed by atoms with Crippen molar-refractivity contribution in [3.63, 3.8) is 0 Å². The van der Waals surface area contributed by atoms with Gasteiger partial charge in [-0.1, -0.05) is 6.07 Å². The fourth-order valence-electron chi connectivity index (χ4n) is 3.26. The lowest BCUT2D eigenvalue weighted by atomic mass is 10.1. The first-order chi connectivity index (χ1) is 13.7. The second-order valence-electron chi connectivity index (χ2n) is 6.43. The highest BCUT2D eigenvalue weighted by Crippen LogP contribution is 2.29. The van der Waals surface area contributed by atoms with Crippen molar-refractivity contribution >= 4 is 5.91 Å². The number of ether oxygens (including phenoxy) is 2. The number of benzene rings is 1. The van der Waals surface area contributed by atoms with Gasteiger partial charge in [0, 0.05) is 43.0 Å². The Morgan fingerprint density at radius 3 is 2.68 bits per heavy atom. The standard InChI is InChI=1S/C21H20N4O3/c1-27-18-7-6-14(11-19(18)28-2)21(26)25-10-8-16-15(13-25)12-23-20(24-16)17-5-3-4-9-22-17/h3-7,9,11-12H,8,10,13H2,1-2H3. The number of hydrogen-bond donors (Lipinski definition) is 0. The lowest BCUT2D eigenvalue weighted by Crippen LogP contribution is -2.36. The Morgan fingerprint density at radius 2 is 1.93 bits per heavy atom. The third-order valence-electron chi connectivity index (χ3n) is 4.75. The molecular weight excluding hydrogens is 356 g/mol. The molecule has 1 aromatic carbocycles. The van der Waals surface area contributed by atoms with Gasteiger partial charge in [0.2, 0.25) is 0 Å². The van der Waals surface area contributed by atoms with E-state index in [0.29, 0.717) is 42.4 Å². The van der Waals surface area contributed by atoms with Crippen LogP contribution in [0.25, 0.3) is 11.5 Å². The van der Waals surface area contributed by atoms with Crippen molar-refractivity contribution in [2.24, 2.45) is 0 Å². The molecule has 0 unspecified atom stereocenters. The number of pyridine rings is 1. The van der Waals surface area contributed by atoms with E-state index in [9.17, 15) is 4.79 Å². The average Bonchev–Trinajstić information content (AvgIpc) is 2.78. The minimum atomic E-state index is -0.0552. The first kappa shape index (κ1) is 17.9. The van der Waals surface area contributed by atoms with Gasteiger partial charge >= 0.3 is 0 Å². The van der Waals surface area contributed by atoms with E-state index in [2.05, 4.69) is 15.0 Å². The largest absolute Gasteiger partial charge is 0.493 e. The molecule has 0 spiro atoms. The van der Waals surface area contributed by atoms with Crippen LogP contribution >= 0.6 is 0 Å². The van der Waals surface area contributed by atoms with Gasteiger partial charge in [-0.05, 0) is 30.3 Å². The molecular formula is C21H20N4O3. The zero-order chi connectivity index (χ0) is 19.5. The maximum absolute atomic E-state index is 12.9. The van der Waals surface area contributed by atoms with Crippen LogP contribution in [0.3, 0.4) is 0 Å². The predicted octanol–water partition coefficient (Wildman–Crippen LogP) is 2.75. The second kappa shape index (κ2) is 7.64. The summed E-state index contributed by atoms with van der Waals surface area (Å²) >= 11 is 0. The fourth-order valence-corrected chi connectivity index (χ4v) is 3.26. The SMILES string of the molecule is COc1ccc(C(=O)N2CCc3nc(-c4ccccn4)ncc3C2)cc1OC. The summed E-state index contributed by atoms with van der Waals surface area (Å²) in [6, 6.07) is 10.9. The minimum Gasteiger partial charge on any atom is -0.493 e. The van der Waals surface area contributed by atoms with Crippen LogP contribution < -0.4 is 9.47 Å². The van der Waals surface area contributed by atoms with E-state index >= 15 is 0 Å². The van der Waals surface area contributed by atoms with Crippen LogP contribution in [0.5, 0.6) is 11.5 Å². The Bertz CT molecular complexity index is 1010. The zero-order valence-electron chi connectivity index (χ0n) is 15.8. The monoisotopic (exact) mass is 376 g/mol. The maximum Gasteiger partial charge on any atom is 0.254 e. The van der Waals surface area contributed by atoms with Crippen LogP contribution in [0.4, 0.5) is 0 Å². The molecule has 0 radical (unpaired) electrons. The Labute approximate surface area is 163 Å². The summed E-state index contributed by atoms with van der Waals surface area (Å²) in [5.41, 5.74) is 3.23. The molecule has 4 rings (SSSR count). The van der Waals surface area contributed by atoms with Crippen molar-refractivity contribution < 1.29 is 14.3 Å². The molecule has 7 nitrogen and oxygen atoms in total. The molecule has 142 valence electrons. The fraction of sp³-hybridized carbons (Fsp3) is 0.238. The smallest absolute Gasteiger partial charge is 0.254 e. The predicted molar refractivity (Wildman–Crippen MR) is 103 cm³/mol. The average molecular weight is 376 g/mol. The molecule has 0 saturated carbocycles. The van der Waals surface area contributed by atoms with E-state index in [-0.39, 0.29) is 5.91 Å². The molecule has 7 heteroatoms. The third kappa shape index (κ3) is 3.38. The molecule has 2 aromatic heterocycles. The molecule has 0 bridgehead atoms. The van der Waals surface area contributed by atoms with E-state index in [1.54, 1.807) is 49.7 Å². The minimum absolute atomic E-state index is 0.0552.